The van der Waals surface area contributed by atoms with Crippen molar-refractivity contribution >= 4 is 51.8 Å². The minimum absolute atomic E-state index is 0.00476. The van der Waals surface area contributed by atoms with E-state index in [1.165, 1.54) is 14.0 Å². The van der Waals surface area contributed by atoms with Crippen LogP contribution in [0.15, 0.2) is 35.4 Å². The Labute approximate surface area is 158 Å². The molecule has 1 aliphatic rings. The predicted molar refractivity (Wildman–Crippen MR) is 100 cm³/mol. The molecule has 3 amide bonds. The topological polar surface area (TPSA) is 112 Å². The quantitative estimate of drug-likeness (QED) is 0.618. The number of ether oxygens (including phenoxy) is 1. The van der Waals surface area contributed by atoms with Gasteiger partial charge in [-0.2, -0.15) is 0 Å². The Balaban J connectivity index is 2.00. The Hall–Kier alpha value is -3.07. The smallest absolute Gasteiger partial charge is 0.328 e. The van der Waals surface area contributed by atoms with Crippen molar-refractivity contribution in [2.24, 2.45) is 5.73 Å². The molecule has 0 saturated carbocycles. The number of rotatable bonds is 5. The van der Waals surface area contributed by atoms with Gasteiger partial charge in [0.15, 0.2) is 0 Å². The normalized spacial score (nSPS) is 17.0. The number of esters is 1. The van der Waals surface area contributed by atoms with Crippen LogP contribution in [0, 0.1) is 0 Å². The molecule has 0 radical (unpaired) electrons. The second-order valence-electron chi connectivity index (χ2n) is 5.95. The number of imide groups is 1. The lowest BCUT2D eigenvalue weighted by atomic mass is 10.1. The summed E-state index contributed by atoms with van der Waals surface area (Å²) in [6.07, 6.45) is 3.28. The van der Waals surface area contributed by atoms with Gasteiger partial charge in [0.05, 0.1) is 12.0 Å². The summed E-state index contributed by atoms with van der Waals surface area (Å²) in [4.78, 5) is 48.9. The number of methoxy groups -OCH3 is 1. The Morgan fingerprint density at radius 3 is 2.67 bits per heavy atom. The molecule has 0 spiro atoms. The number of hydrogen-bond donors (Lipinski definition) is 1. The number of hydrogen-bond acceptors (Lipinski definition) is 6. The van der Waals surface area contributed by atoms with E-state index in [9.17, 15) is 19.2 Å². The number of nitrogens with zero attached hydrogens (tertiary/aromatic N) is 2. The van der Waals surface area contributed by atoms with Gasteiger partial charge < -0.3 is 15.0 Å². The molecule has 1 fully saturated rings. The molecule has 1 aromatic carbocycles. The molecular weight excluding hydrogens is 370 g/mol. The van der Waals surface area contributed by atoms with Crippen LogP contribution in [0.5, 0.6) is 0 Å². The van der Waals surface area contributed by atoms with Crippen molar-refractivity contribution in [1.29, 1.82) is 0 Å². The highest BCUT2D eigenvalue weighted by molar-refractivity contribution is 8.18. The van der Waals surface area contributed by atoms with Crippen molar-refractivity contribution in [2.75, 3.05) is 7.11 Å². The van der Waals surface area contributed by atoms with Gasteiger partial charge in [-0.25, -0.2) is 4.79 Å². The van der Waals surface area contributed by atoms with Crippen LogP contribution in [0.1, 0.15) is 12.5 Å². The third-order valence-electron chi connectivity index (χ3n) is 4.19. The molecule has 27 heavy (non-hydrogen) atoms. The van der Waals surface area contributed by atoms with Gasteiger partial charge >= 0.3 is 5.97 Å². The summed E-state index contributed by atoms with van der Waals surface area (Å²) in [5.74, 6) is -1.72. The number of nitrogens with two attached hydrogens (primary N) is 1. The Morgan fingerprint density at radius 2 is 2.00 bits per heavy atom. The number of aromatic nitrogens is 1. The van der Waals surface area contributed by atoms with E-state index < -0.39 is 29.1 Å². The number of fused-ring (bicyclic) bond motifs is 1. The highest BCUT2D eigenvalue weighted by atomic mass is 32.2. The van der Waals surface area contributed by atoms with Crippen LogP contribution in [0.2, 0.25) is 0 Å². The molecule has 8 nitrogen and oxygen atoms in total. The molecule has 0 aliphatic carbocycles. The van der Waals surface area contributed by atoms with Crippen LogP contribution in [0.4, 0.5) is 4.79 Å². The van der Waals surface area contributed by atoms with Crippen molar-refractivity contribution in [3.05, 3.63) is 40.9 Å². The summed E-state index contributed by atoms with van der Waals surface area (Å²) >= 11 is 0.754. The van der Waals surface area contributed by atoms with Crippen LogP contribution in [0.25, 0.3) is 17.0 Å². The lowest BCUT2D eigenvalue weighted by Gasteiger charge is -2.18. The molecule has 0 bridgehead atoms. The number of amides is 3. The highest BCUT2D eigenvalue weighted by Crippen LogP contribution is 2.35. The van der Waals surface area contributed by atoms with E-state index in [4.69, 9.17) is 5.73 Å². The van der Waals surface area contributed by atoms with E-state index in [-0.39, 0.29) is 11.4 Å². The first-order valence-electron chi connectivity index (χ1n) is 8.04. The molecule has 3 rings (SSSR count). The average Bonchev–Trinajstić information content (AvgIpc) is 3.11. The predicted octanol–water partition coefficient (Wildman–Crippen LogP) is 1.72. The number of benzene rings is 1. The van der Waals surface area contributed by atoms with Crippen LogP contribution in [-0.2, 0) is 25.7 Å². The van der Waals surface area contributed by atoms with E-state index in [1.807, 2.05) is 24.3 Å². The van der Waals surface area contributed by atoms with Gasteiger partial charge in [0.1, 0.15) is 12.6 Å². The first kappa shape index (κ1) is 18.7. The van der Waals surface area contributed by atoms with E-state index in [1.54, 1.807) is 16.8 Å². The van der Waals surface area contributed by atoms with Gasteiger partial charge in [-0.1, -0.05) is 18.2 Å². The van der Waals surface area contributed by atoms with Gasteiger partial charge in [0.2, 0.25) is 5.91 Å². The Morgan fingerprint density at radius 1 is 1.30 bits per heavy atom. The van der Waals surface area contributed by atoms with Crippen molar-refractivity contribution in [1.82, 2.24) is 9.47 Å². The number of carbonyl (C=O) groups is 4. The minimum atomic E-state index is -1.01. The molecule has 2 heterocycles. The fourth-order valence-corrected chi connectivity index (χ4v) is 3.82. The van der Waals surface area contributed by atoms with Crippen molar-refractivity contribution < 1.29 is 23.9 Å². The van der Waals surface area contributed by atoms with Gasteiger partial charge in [0, 0.05) is 22.7 Å². The summed E-state index contributed by atoms with van der Waals surface area (Å²) in [5.41, 5.74) is 6.74. The SMILES string of the molecule is COC(=O)C(C)N1C(=O)SC(=Cc2cn(CC(N)=O)c3ccccc23)C1=O. The summed E-state index contributed by atoms with van der Waals surface area (Å²) in [5, 5.41) is 0.275. The molecular formula is C18H17N3O5S. The van der Waals surface area contributed by atoms with Crippen LogP contribution >= 0.6 is 11.8 Å². The van der Waals surface area contributed by atoms with Crippen LogP contribution < -0.4 is 5.73 Å². The fraction of sp³-hybridized carbons (Fsp3) is 0.222. The third-order valence-corrected chi connectivity index (χ3v) is 5.07. The second-order valence-corrected chi connectivity index (χ2v) is 6.94. The first-order chi connectivity index (χ1) is 12.8. The standard InChI is InChI=1S/C18H17N3O5S/c1-10(17(24)26-2)21-16(23)14(27-18(21)25)7-11-8-20(9-15(19)22)13-6-4-3-5-12(11)13/h3-8,10H,9H2,1-2H3,(H2,19,22). The number of carbonyl (C=O) groups excluding carboxylic acids is 4. The maximum atomic E-state index is 12.6. The molecule has 9 heteroatoms. The fourth-order valence-electron chi connectivity index (χ4n) is 2.92. The average molecular weight is 387 g/mol. The summed E-state index contributed by atoms with van der Waals surface area (Å²) in [6.45, 7) is 1.43. The first-order valence-corrected chi connectivity index (χ1v) is 8.86. The molecule has 1 unspecified atom stereocenters. The lowest BCUT2D eigenvalue weighted by Crippen LogP contribution is -2.42. The third kappa shape index (κ3) is 3.45. The largest absolute Gasteiger partial charge is 0.467 e. The van der Waals surface area contributed by atoms with Gasteiger partial charge in [0.25, 0.3) is 11.1 Å². The summed E-state index contributed by atoms with van der Waals surface area (Å²) < 4.78 is 6.30. The highest BCUT2D eigenvalue weighted by Gasteiger charge is 2.41. The molecule has 1 atom stereocenters. The van der Waals surface area contributed by atoms with Gasteiger partial charge in [-0.3, -0.25) is 19.3 Å². The summed E-state index contributed by atoms with van der Waals surface area (Å²) in [6, 6.07) is 6.33. The van der Waals surface area contributed by atoms with Crippen LogP contribution in [-0.4, -0.2) is 45.6 Å². The van der Waals surface area contributed by atoms with Crippen molar-refractivity contribution in [3.8, 4) is 0 Å². The Bertz CT molecular complexity index is 994. The second kappa shape index (κ2) is 7.28. The number of thioether (sulfide) groups is 1. The minimum Gasteiger partial charge on any atom is -0.467 e. The van der Waals surface area contributed by atoms with Crippen LogP contribution in [0.3, 0.4) is 0 Å². The zero-order valence-electron chi connectivity index (χ0n) is 14.7. The van der Waals surface area contributed by atoms with E-state index in [2.05, 4.69) is 4.74 Å². The lowest BCUT2D eigenvalue weighted by molar-refractivity contribution is -0.148. The van der Waals surface area contributed by atoms with Crippen molar-refractivity contribution in [2.45, 2.75) is 19.5 Å². The van der Waals surface area contributed by atoms with Crippen molar-refractivity contribution in [3.63, 3.8) is 0 Å². The maximum absolute atomic E-state index is 12.6. The monoisotopic (exact) mass is 387 g/mol. The summed E-state index contributed by atoms with van der Waals surface area (Å²) in [7, 11) is 1.20. The van der Waals surface area contributed by atoms with E-state index >= 15 is 0 Å². The molecule has 2 aromatic rings. The molecule has 1 saturated heterocycles. The van der Waals surface area contributed by atoms with E-state index in [0.717, 1.165) is 27.6 Å². The number of para-hydroxylation sites is 1. The van der Waals surface area contributed by atoms with Gasteiger partial charge in [-0.15, -0.1) is 0 Å². The van der Waals surface area contributed by atoms with E-state index in [0.29, 0.717) is 5.56 Å². The molecule has 1 aromatic heterocycles. The zero-order chi connectivity index (χ0) is 19.7. The zero-order valence-corrected chi connectivity index (χ0v) is 15.5. The molecule has 140 valence electrons. The Kier molecular flexibility index (Phi) is 5.04. The molecule has 1 aliphatic heterocycles. The number of primary amides is 1. The van der Waals surface area contributed by atoms with Gasteiger partial charge in [-0.05, 0) is 30.8 Å². The molecule has 2 N–H and O–H groups in total. The maximum Gasteiger partial charge on any atom is 0.328 e.